The number of amides is 3. The molecule has 0 aliphatic rings. The number of hydrogen-bond donors (Lipinski definition) is 8. The Kier molecular flexibility index (Phi) is 11.4. The quantitative estimate of drug-likeness (QED) is 0.140. The van der Waals surface area contributed by atoms with Crippen LogP contribution in [-0.4, -0.2) is 79.8 Å². The minimum atomic E-state index is -1.70. The number of carboxylic acid groups (broad SMARTS) is 2. The van der Waals surface area contributed by atoms with Crippen LogP contribution in [0.2, 0.25) is 0 Å². The molecule has 1 aromatic rings. The van der Waals surface area contributed by atoms with Gasteiger partial charge in [0, 0.05) is 24.1 Å². The average Bonchev–Trinajstić information content (AvgIpc) is 3.27. The highest BCUT2D eigenvalue weighted by Gasteiger charge is 2.33. The van der Waals surface area contributed by atoms with Crippen LogP contribution < -0.4 is 21.7 Å². The van der Waals surface area contributed by atoms with Gasteiger partial charge in [-0.15, -0.1) is 0 Å². The summed E-state index contributed by atoms with van der Waals surface area (Å²) in [6.07, 6.45) is 2.36. The lowest BCUT2D eigenvalue weighted by Gasteiger charge is -2.27. The SMILES string of the molecule is CCC(C)C(NC(=O)C(N)CS)C(=O)NC(Cc1cnc[nH]1)C(=O)NC(CC(=O)O)C(=O)O. The Labute approximate surface area is 195 Å². The molecule has 0 saturated heterocycles. The lowest BCUT2D eigenvalue weighted by Crippen LogP contribution is -2.59. The highest BCUT2D eigenvalue weighted by Crippen LogP contribution is 2.10. The van der Waals surface area contributed by atoms with Crippen LogP contribution >= 0.6 is 12.6 Å². The van der Waals surface area contributed by atoms with Crippen LogP contribution in [0.1, 0.15) is 32.4 Å². The number of rotatable bonds is 14. The third-order valence-electron chi connectivity index (χ3n) is 4.93. The molecule has 0 spiro atoms. The first-order valence-corrected chi connectivity index (χ1v) is 10.8. The summed E-state index contributed by atoms with van der Waals surface area (Å²) in [6, 6.07) is -4.95. The molecule has 0 aliphatic heterocycles. The topological polar surface area (TPSA) is 217 Å². The highest BCUT2D eigenvalue weighted by atomic mass is 32.1. The van der Waals surface area contributed by atoms with Crippen LogP contribution in [0.5, 0.6) is 0 Å². The lowest BCUT2D eigenvalue weighted by molar-refractivity contribution is -0.147. The predicted molar refractivity (Wildman–Crippen MR) is 119 cm³/mol. The van der Waals surface area contributed by atoms with Crippen LogP contribution in [0, 0.1) is 5.92 Å². The van der Waals surface area contributed by atoms with E-state index >= 15 is 0 Å². The van der Waals surface area contributed by atoms with Gasteiger partial charge in [-0.2, -0.15) is 12.6 Å². The van der Waals surface area contributed by atoms with Gasteiger partial charge in [0.25, 0.3) is 0 Å². The van der Waals surface area contributed by atoms with Crippen molar-refractivity contribution >= 4 is 42.3 Å². The molecule has 0 saturated carbocycles. The van der Waals surface area contributed by atoms with Crippen molar-refractivity contribution in [1.29, 1.82) is 0 Å². The highest BCUT2D eigenvalue weighted by molar-refractivity contribution is 7.80. The van der Waals surface area contributed by atoms with E-state index in [0.717, 1.165) is 0 Å². The number of carboxylic acids is 2. The summed E-state index contributed by atoms with van der Waals surface area (Å²) in [5.74, 6) is -5.41. The fourth-order valence-corrected chi connectivity index (χ4v) is 2.94. The molecule has 0 bridgehead atoms. The smallest absolute Gasteiger partial charge is 0.326 e. The van der Waals surface area contributed by atoms with E-state index in [0.29, 0.717) is 12.1 Å². The molecule has 5 atom stereocenters. The normalized spacial score (nSPS) is 15.4. The van der Waals surface area contributed by atoms with Gasteiger partial charge in [-0.05, 0) is 5.92 Å². The van der Waals surface area contributed by atoms with Crippen molar-refractivity contribution in [3.63, 3.8) is 0 Å². The zero-order valence-corrected chi connectivity index (χ0v) is 19.2. The molecule has 14 heteroatoms. The number of imidazole rings is 1. The van der Waals surface area contributed by atoms with Gasteiger partial charge in [0.05, 0.1) is 18.8 Å². The number of aromatic nitrogens is 2. The van der Waals surface area contributed by atoms with Crippen molar-refractivity contribution in [3.8, 4) is 0 Å². The molecule has 1 rings (SSSR count). The third-order valence-corrected chi connectivity index (χ3v) is 5.33. The van der Waals surface area contributed by atoms with Crippen LogP contribution in [0.4, 0.5) is 0 Å². The van der Waals surface area contributed by atoms with Crippen molar-refractivity contribution in [2.45, 2.75) is 57.3 Å². The molecule has 0 aromatic carbocycles. The Morgan fingerprint density at radius 2 is 1.73 bits per heavy atom. The molecule has 0 radical (unpaired) electrons. The van der Waals surface area contributed by atoms with E-state index in [1.807, 2.05) is 6.92 Å². The lowest BCUT2D eigenvalue weighted by atomic mass is 9.97. The van der Waals surface area contributed by atoms with Crippen LogP contribution in [0.3, 0.4) is 0 Å². The summed E-state index contributed by atoms with van der Waals surface area (Å²) in [7, 11) is 0. The zero-order valence-electron chi connectivity index (χ0n) is 18.3. The standard InChI is InChI=1S/C19H30N6O7S/c1-3-9(2)15(25-16(28)11(20)7-33)18(30)23-12(4-10-6-21-8-22-10)17(29)24-13(19(31)32)5-14(26)27/h6,8-9,11-13,15,33H,3-5,7,20H2,1-2H3,(H,21,22)(H,23,30)(H,24,29)(H,25,28)(H,26,27)(H,31,32). The fraction of sp³-hybridized carbons (Fsp3) is 0.579. The van der Waals surface area contributed by atoms with Crippen LogP contribution in [0.15, 0.2) is 12.5 Å². The monoisotopic (exact) mass is 486 g/mol. The molecule has 184 valence electrons. The van der Waals surface area contributed by atoms with E-state index in [4.69, 9.17) is 10.8 Å². The molecule has 33 heavy (non-hydrogen) atoms. The van der Waals surface area contributed by atoms with E-state index in [-0.39, 0.29) is 18.1 Å². The van der Waals surface area contributed by atoms with Crippen molar-refractivity contribution in [2.24, 2.45) is 11.7 Å². The van der Waals surface area contributed by atoms with E-state index < -0.39 is 60.2 Å². The van der Waals surface area contributed by atoms with Gasteiger partial charge >= 0.3 is 11.9 Å². The molecule has 1 aromatic heterocycles. The van der Waals surface area contributed by atoms with Gasteiger partial charge in [-0.1, -0.05) is 20.3 Å². The molecule has 3 amide bonds. The largest absolute Gasteiger partial charge is 0.481 e. The maximum absolute atomic E-state index is 13.0. The molecular weight excluding hydrogens is 456 g/mol. The number of carbonyl (C=O) groups is 5. The van der Waals surface area contributed by atoms with E-state index in [1.165, 1.54) is 12.5 Å². The second kappa shape index (κ2) is 13.4. The van der Waals surface area contributed by atoms with E-state index in [1.54, 1.807) is 6.92 Å². The Morgan fingerprint density at radius 3 is 2.21 bits per heavy atom. The van der Waals surface area contributed by atoms with Gasteiger partial charge in [0.1, 0.15) is 18.1 Å². The molecule has 8 N–H and O–H groups in total. The summed E-state index contributed by atoms with van der Waals surface area (Å²) in [5, 5.41) is 25.3. The number of hydrogen-bond acceptors (Lipinski definition) is 8. The van der Waals surface area contributed by atoms with Gasteiger partial charge in [0.15, 0.2) is 0 Å². The average molecular weight is 487 g/mol. The van der Waals surface area contributed by atoms with Gasteiger partial charge in [-0.25, -0.2) is 9.78 Å². The molecule has 0 aliphatic carbocycles. The molecule has 1 heterocycles. The van der Waals surface area contributed by atoms with Crippen LogP contribution in [0.25, 0.3) is 0 Å². The summed E-state index contributed by atoms with van der Waals surface area (Å²) in [6.45, 7) is 3.54. The number of nitrogens with two attached hydrogens (primary N) is 1. The number of nitrogens with zero attached hydrogens (tertiary/aromatic N) is 1. The molecule has 0 fully saturated rings. The first kappa shape index (κ1) is 27.9. The van der Waals surface area contributed by atoms with Crippen LogP contribution in [-0.2, 0) is 30.4 Å². The summed E-state index contributed by atoms with van der Waals surface area (Å²) in [5.41, 5.74) is 6.13. The number of nitrogens with one attached hydrogen (secondary N) is 4. The minimum Gasteiger partial charge on any atom is -0.481 e. The first-order valence-electron chi connectivity index (χ1n) is 10.2. The summed E-state index contributed by atoms with van der Waals surface area (Å²) in [4.78, 5) is 66.9. The zero-order chi connectivity index (χ0) is 25.1. The Balaban J connectivity index is 3.09. The van der Waals surface area contributed by atoms with Gasteiger partial charge in [0.2, 0.25) is 17.7 Å². The summed E-state index contributed by atoms with van der Waals surface area (Å²) >= 11 is 3.97. The molecule has 13 nitrogen and oxygen atoms in total. The number of H-pyrrole nitrogens is 1. The number of carbonyl (C=O) groups excluding carboxylic acids is 3. The first-order chi connectivity index (χ1) is 15.5. The van der Waals surface area contributed by atoms with Crippen molar-refractivity contribution in [3.05, 3.63) is 18.2 Å². The molecular formula is C19H30N6O7S. The Bertz CT molecular complexity index is 835. The number of thiol groups is 1. The Morgan fingerprint density at radius 1 is 1.09 bits per heavy atom. The second-order valence-electron chi connectivity index (χ2n) is 7.50. The minimum absolute atomic E-state index is 0.0612. The Hall–Kier alpha value is -3.13. The maximum Gasteiger partial charge on any atom is 0.326 e. The predicted octanol–water partition coefficient (Wildman–Crippen LogP) is -1.73. The number of aromatic amines is 1. The van der Waals surface area contributed by atoms with Crippen molar-refractivity contribution in [1.82, 2.24) is 25.9 Å². The van der Waals surface area contributed by atoms with Crippen molar-refractivity contribution in [2.75, 3.05) is 5.75 Å². The van der Waals surface area contributed by atoms with E-state index in [2.05, 4.69) is 38.5 Å². The van der Waals surface area contributed by atoms with E-state index in [9.17, 15) is 29.1 Å². The fourth-order valence-electron chi connectivity index (χ4n) is 2.78. The summed E-state index contributed by atoms with van der Waals surface area (Å²) < 4.78 is 0. The second-order valence-corrected chi connectivity index (χ2v) is 7.87. The van der Waals surface area contributed by atoms with Gasteiger partial charge in [-0.3, -0.25) is 19.2 Å². The number of aliphatic carboxylic acids is 2. The molecule has 5 unspecified atom stereocenters. The third kappa shape index (κ3) is 9.10. The maximum atomic E-state index is 13.0. The van der Waals surface area contributed by atoms with Crippen molar-refractivity contribution < 1.29 is 34.2 Å². The van der Waals surface area contributed by atoms with Gasteiger partial charge < -0.3 is 36.9 Å².